The van der Waals surface area contributed by atoms with E-state index in [9.17, 15) is 19.5 Å². The average molecular weight is 372 g/mol. The third kappa shape index (κ3) is 4.11. The Kier molecular flexibility index (Phi) is 5.68. The molecule has 0 fully saturated rings. The summed E-state index contributed by atoms with van der Waals surface area (Å²) in [6, 6.07) is 9.11. The van der Waals surface area contributed by atoms with Crippen LogP contribution in [-0.4, -0.2) is 40.9 Å². The van der Waals surface area contributed by atoms with Gasteiger partial charge in [-0.1, -0.05) is 24.3 Å². The van der Waals surface area contributed by atoms with Gasteiger partial charge < -0.3 is 15.3 Å². The molecule has 1 atom stereocenters. The molecule has 3 rings (SSSR count). The van der Waals surface area contributed by atoms with E-state index >= 15 is 0 Å². The maximum absolute atomic E-state index is 12.5. The van der Waals surface area contributed by atoms with Crippen LogP contribution in [0, 0.1) is 0 Å². The van der Waals surface area contributed by atoms with Gasteiger partial charge in [0.25, 0.3) is 5.91 Å². The minimum atomic E-state index is -0.919. The first kappa shape index (κ1) is 18.1. The number of carbonyl (C=O) groups excluding carboxylic acids is 2. The summed E-state index contributed by atoms with van der Waals surface area (Å²) in [7, 11) is 0. The molecule has 2 amide bonds. The number of nitrogens with zero attached hydrogens (tertiary/aromatic N) is 1. The molecule has 2 N–H and O–H groups in total. The van der Waals surface area contributed by atoms with Crippen LogP contribution in [0.3, 0.4) is 0 Å². The van der Waals surface area contributed by atoms with Gasteiger partial charge in [0, 0.05) is 37.0 Å². The summed E-state index contributed by atoms with van der Waals surface area (Å²) >= 11 is 1.46. The zero-order chi connectivity index (χ0) is 18.5. The van der Waals surface area contributed by atoms with Crippen LogP contribution in [0.5, 0.6) is 0 Å². The number of fused-ring (bicyclic) bond motifs is 1. The Balaban J connectivity index is 1.52. The molecule has 26 heavy (non-hydrogen) atoms. The number of carboxylic acids is 1. The minimum absolute atomic E-state index is 0.0875. The van der Waals surface area contributed by atoms with Gasteiger partial charge in [-0.15, -0.1) is 0 Å². The lowest BCUT2D eigenvalue weighted by atomic mass is 9.89. The van der Waals surface area contributed by atoms with Crippen LogP contribution in [0.15, 0.2) is 41.1 Å². The molecular formula is C19H20N2O4S. The zero-order valence-electron chi connectivity index (χ0n) is 14.2. The first-order valence-corrected chi connectivity index (χ1v) is 9.39. The number of aliphatic carboxylic acids is 1. The fraction of sp³-hybridized carbons (Fsp3) is 0.316. The molecule has 0 spiro atoms. The van der Waals surface area contributed by atoms with Gasteiger partial charge in [0.05, 0.1) is 5.92 Å². The quantitative estimate of drug-likeness (QED) is 0.763. The number of carbonyl (C=O) groups is 3. The van der Waals surface area contributed by atoms with Crippen molar-refractivity contribution in [2.75, 3.05) is 13.1 Å². The van der Waals surface area contributed by atoms with Crippen LogP contribution in [0.2, 0.25) is 0 Å². The van der Waals surface area contributed by atoms with Crippen molar-refractivity contribution in [3.05, 3.63) is 57.8 Å². The van der Waals surface area contributed by atoms with E-state index in [-0.39, 0.29) is 24.8 Å². The van der Waals surface area contributed by atoms with Crippen molar-refractivity contribution in [1.82, 2.24) is 10.2 Å². The van der Waals surface area contributed by atoms with Gasteiger partial charge in [0.2, 0.25) is 5.91 Å². The van der Waals surface area contributed by atoms with Crippen LogP contribution in [0.1, 0.15) is 40.2 Å². The molecule has 0 aliphatic carbocycles. The smallest absolute Gasteiger partial charge is 0.312 e. The van der Waals surface area contributed by atoms with Gasteiger partial charge in [-0.25, -0.2) is 0 Å². The van der Waals surface area contributed by atoms with E-state index in [2.05, 4.69) is 5.32 Å². The summed E-state index contributed by atoms with van der Waals surface area (Å²) in [6.07, 6.45) is 0.795. The van der Waals surface area contributed by atoms with Crippen molar-refractivity contribution in [3.63, 3.8) is 0 Å². The largest absolute Gasteiger partial charge is 0.481 e. The van der Waals surface area contributed by atoms with Crippen molar-refractivity contribution in [1.29, 1.82) is 0 Å². The molecule has 2 aromatic rings. The van der Waals surface area contributed by atoms with E-state index in [1.165, 1.54) is 11.3 Å². The van der Waals surface area contributed by atoms with Crippen LogP contribution in [0.4, 0.5) is 0 Å². The van der Waals surface area contributed by atoms with E-state index < -0.39 is 11.9 Å². The Morgan fingerprint density at radius 1 is 1.23 bits per heavy atom. The number of hydrogen-bond acceptors (Lipinski definition) is 4. The second kappa shape index (κ2) is 8.14. The molecule has 1 aromatic heterocycles. The Morgan fingerprint density at radius 2 is 2.04 bits per heavy atom. The predicted molar refractivity (Wildman–Crippen MR) is 98.1 cm³/mol. The van der Waals surface area contributed by atoms with Crippen molar-refractivity contribution in [3.8, 4) is 0 Å². The topological polar surface area (TPSA) is 86.7 Å². The minimum Gasteiger partial charge on any atom is -0.481 e. The zero-order valence-corrected chi connectivity index (χ0v) is 15.0. The van der Waals surface area contributed by atoms with E-state index in [0.29, 0.717) is 25.1 Å². The molecule has 7 heteroatoms. The number of thiophene rings is 1. The summed E-state index contributed by atoms with van der Waals surface area (Å²) in [5.41, 5.74) is 2.29. The maximum Gasteiger partial charge on any atom is 0.312 e. The molecule has 1 aromatic carbocycles. The van der Waals surface area contributed by atoms with E-state index in [0.717, 1.165) is 11.1 Å². The first-order chi connectivity index (χ1) is 12.6. The number of carboxylic acid groups (broad SMARTS) is 1. The summed E-state index contributed by atoms with van der Waals surface area (Å²) in [6.45, 7) is 1.03. The van der Waals surface area contributed by atoms with E-state index in [1.807, 2.05) is 29.6 Å². The highest BCUT2D eigenvalue weighted by molar-refractivity contribution is 7.08. The van der Waals surface area contributed by atoms with Crippen molar-refractivity contribution in [2.24, 2.45) is 0 Å². The van der Waals surface area contributed by atoms with Gasteiger partial charge in [-0.05, 0) is 29.0 Å². The summed E-state index contributed by atoms with van der Waals surface area (Å²) in [5.74, 6) is -1.84. The van der Waals surface area contributed by atoms with Gasteiger partial charge in [-0.2, -0.15) is 11.3 Å². The number of nitrogens with one attached hydrogen (secondary N) is 1. The lowest BCUT2D eigenvalue weighted by Gasteiger charge is -2.33. The maximum atomic E-state index is 12.5. The Hall–Kier alpha value is -2.67. The first-order valence-electron chi connectivity index (χ1n) is 8.45. The van der Waals surface area contributed by atoms with E-state index in [1.54, 1.807) is 16.3 Å². The van der Waals surface area contributed by atoms with Crippen molar-refractivity contribution in [2.45, 2.75) is 25.3 Å². The normalized spacial score (nSPS) is 16.0. The number of amides is 2. The molecule has 1 aliphatic heterocycles. The molecule has 2 heterocycles. The predicted octanol–water partition coefficient (Wildman–Crippen LogP) is 2.47. The molecule has 1 unspecified atom stereocenters. The van der Waals surface area contributed by atoms with Gasteiger partial charge in [-0.3, -0.25) is 14.4 Å². The number of hydrogen-bond donors (Lipinski definition) is 2. The molecule has 0 bridgehead atoms. The summed E-state index contributed by atoms with van der Waals surface area (Å²) in [5, 5.41) is 15.9. The third-order valence-electron chi connectivity index (χ3n) is 4.48. The van der Waals surface area contributed by atoms with Crippen LogP contribution in [-0.2, 0) is 16.1 Å². The highest BCUT2D eigenvalue weighted by Crippen LogP contribution is 2.28. The Bertz CT molecular complexity index is 804. The summed E-state index contributed by atoms with van der Waals surface area (Å²) < 4.78 is 0. The SMILES string of the molecule is O=C(NCCCC(=O)N1Cc2ccccc2C(C(=O)O)C1)c1ccsc1. The molecule has 0 radical (unpaired) electrons. The average Bonchev–Trinajstić information content (AvgIpc) is 3.18. The molecule has 0 saturated heterocycles. The molecule has 1 aliphatic rings. The fourth-order valence-corrected chi connectivity index (χ4v) is 3.74. The Morgan fingerprint density at radius 3 is 2.77 bits per heavy atom. The Labute approximate surface area is 155 Å². The number of benzene rings is 1. The standard InChI is InChI=1S/C19H20N2O4S/c22-17(6-3-8-20-18(23)14-7-9-26-12-14)21-10-13-4-1-2-5-15(13)16(11-21)19(24)25/h1-2,4-5,7,9,12,16H,3,6,8,10-11H2,(H,20,23)(H,24,25). The van der Waals surface area contributed by atoms with Gasteiger partial charge in [0.15, 0.2) is 0 Å². The van der Waals surface area contributed by atoms with Crippen molar-refractivity contribution >= 4 is 29.1 Å². The number of rotatable bonds is 6. The van der Waals surface area contributed by atoms with Crippen LogP contribution in [0.25, 0.3) is 0 Å². The molecular weight excluding hydrogens is 352 g/mol. The molecule has 6 nitrogen and oxygen atoms in total. The summed E-state index contributed by atoms with van der Waals surface area (Å²) in [4.78, 5) is 37.5. The van der Waals surface area contributed by atoms with Crippen molar-refractivity contribution < 1.29 is 19.5 Å². The highest BCUT2D eigenvalue weighted by atomic mass is 32.1. The van der Waals surface area contributed by atoms with Gasteiger partial charge in [0.1, 0.15) is 0 Å². The van der Waals surface area contributed by atoms with E-state index in [4.69, 9.17) is 0 Å². The fourth-order valence-electron chi connectivity index (χ4n) is 3.10. The lowest BCUT2D eigenvalue weighted by Crippen LogP contribution is -2.40. The van der Waals surface area contributed by atoms with Gasteiger partial charge >= 0.3 is 5.97 Å². The monoisotopic (exact) mass is 372 g/mol. The van der Waals surface area contributed by atoms with Crippen LogP contribution < -0.4 is 5.32 Å². The second-order valence-corrected chi connectivity index (χ2v) is 7.02. The molecule has 0 saturated carbocycles. The van der Waals surface area contributed by atoms with Crippen LogP contribution >= 0.6 is 11.3 Å². The third-order valence-corrected chi connectivity index (χ3v) is 5.17. The highest BCUT2D eigenvalue weighted by Gasteiger charge is 2.31. The molecule has 136 valence electrons. The lowest BCUT2D eigenvalue weighted by molar-refractivity contribution is -0.141. The second-order valence-electron chi connectivity index (χ2n) is 6.24.